The van der Waals surface area contributed by atoms with Gasteiger partial charge in [-0.25, -0.2) is 0 Å². The number of amides is 1. The van der Waals surface area contributed by atoms with Crippen molar-refractivity contribution < 1.29 is 9.90 Å². The Hall–Kier alpha value is -2.87. The lowest BCUT2D eigenvalue weighted by Gasteiger charge is -2.21. The molecular formula is C20H23N5O2S. The van der Waals surface area contributed by atoms with Gasteiger partial charge in [0.25, 0.3) is 0 Å². The fourth-order valence-corrected chi connectivity index (χ4v) is 3.62. The molecule has 2 aromatic carbocycles. The van der Waals surface area contributed by atoms with Gasteiger partial charge in [-0.2, -0.15) is 4.68 Å². The van der Waals surface area contributed by atoms with Gasteiger partial charge >= 0.3 is 0 Å². The maximum atomic E-state index is 12.8. The number of nitrogens with one attached hydrogen (secondary N) is 1. The highest BCUT2D eigenvalue weighted by atomic mass is 32.2. The zero-order chi connectivity index (χ0) is 19.9. The first-order valence-electron chi connectivity index (χ1n) is 9.18. The van der Waals surface area contributed by atoms with Crippen LogP contribution in [0.2, 0.25) is 0 Å². The number of aromatic nitrogens is 4. The van der Waals surface area contributed by atoms with E-state index >= 15 is 0 Å². The molecule has 1 aromatic heterocycles. The van der Waals surface area contributed by atoms with Crippen LogP contribution >= 0.6 is 11.8 Å². The van der Waals surface area contributed by atoms with Crippen molar-refractivity contribution in [3.63, 3.8) is 0 Å². The number of benzene rings is 2. The molecule has 0 saturated carbocycles. The molecule has 0 unspecified atom stereocenters. The van der Waals surface area contributed by atoms with Gasteiger partial charge in [-0.1, -0.05) is 55.4 Å². The number of hydrogen-bond donors (Lipinski definition) is 2. The van der Waals surface area contributed by atoms with Crippen molar-refractivity contribution in [1.82, 2.24) is 25.5 Å². The molecule has 0 aliphatic heterocycles. The lowest BCUT2D eigenvalue weighted by molar-refractivity contribution is -0.121. The Morgan fingerprint density at radius 3 is 2.57 bits per heavy atom. The van der Waals surface area contributed by atoms with E-state index in [0.717, 1.165) is 18.4 Å². The smallest absolute Gasteiger partial charge is 0.233 e. The summed E-state index contributed by atoms with van der Waals surface area (Å²) in [6.45, 7) is 3.94. The topological polar surface area (TPSA) is 92.9 Å². The minimum absolute atomic E-state index is 0.0187. The van der Waals surface area contributed by atoms with Crippen molar-refractivity contribution in [2.45, 2.75) is 43.1 Å². The fraction of sp³-hybridized carbons (Fsp3) is 0.300. The minimum atomic E-state index is -0.370. The first-order chi connectivity index (χ1) is 13.6. The van der Waals surface area contributed by atoms with Crippen LogP contribution in [0.5, 0.6) is 5.75 Å². The molecule has 0 fully saturated rings. The van der Waals surface area contributed by atoms with E-state index in [2.05, 4.69) is 27.8 Å². The fourth-order valence-electron chi connectivity index (χ4n) is 2.81. The summed E-state index contributed by atoms with van der Waals surface area (Å²) in [5.74, 6) is 0.106. The number of phenolic OH excluding ortho intramolecular Hbond substituents is 1. The first kappa shape index (κ1) is 19.9. The average molecular weight is 398 g/mol. The molecule has 146 valence electrons. The monoisotopic (exact) mass is 397 g/mol. The molecule has 0 aliphatic carbocycles. The van der Waals surface area contributed by atoms with Gasteiger partial charge in [0.05, 0.1) is 17.0 Å². The quantitative estimate of drug-likeness (QED) is 0.565. The molecule has 2 atom stereocenters. The van der Waals surface area contributed by atoms with Gasteiger partial charge in [-0.05, 0) is 53.6 Å². The van der Waals surface area contributed by atoms with Crippen LogP contribution in [0.1, 0.15) is 38.3 Å². The molecule has 7 nitrogen and oxygen atoms in total. The van der Waals surface area contributed by atoms with Gasteiger partial charge in [0.1, 0.15) is 5.75 Å². The average Bonchev–Trinajstić information content (AvgIpc) is 3.17. The van der Waals surface area contributed by atoms with E-state index < -0.39 is 0 Å². The van der Waals surface area contributed by atoms with Crippen LogP contribution in [0, 0.1) is 0 Å². The summed E-state index contributed by atoms with van der Waals surface area (Å²) >= 11 is 1.29. The largest absolute Gasteiger partial charge is 0.508 e. The predicted octanol–water partition coefficient (Wildman–Crippen LogP) is 3.51. The van der Waals surface area contributed by atoms with Crippen LogP contribution in [-0.4, -0.2) is 36.5 Å². The summed E-state index contributed by atoms with van der Waals surface area (Å²) < 4.78 is 1.55. The van der Waals surface area contributed by atoms with Crippen molar-refractivity contribution in [2.75, 3.05) is 0 Å². The van der Waals surface area contributed by atoms with Gasteiger partial charge < -0.3 is 10.4 Å². The third-order valence-electron chi connectivity index (χ3n) is 4.28. The minimum Gasteiger partial charge on any atom is -0.508 e. The molecule has 0 aliphatic rings. The van der Waals surface area contributed by atoms with E-state index in [1.54, 1.807) is 28.9 Å². The number of thioether (sulfide) groups is 1. The molecule has 1 heterocycles. The third kappa shape index (κ3) is 4.89. The molecular weight excluding hydrogens is 374 g/mol. The Labute approximate surface area is 168 Å². The van der Waals surface area contributed by atoms with Crippen molar-refractivity contribution in [3.8, 4) is 11.4 Å². The number of tetrazole rings is 1. The molecule has 0 saturated heterocycles. The zero-order valence-corrected chi connectivity index (χ0v) is 16.6. The van der Waals surface area contributed by atoms with E-state index in [1.807, 2.05) is 37.3 Å². The van der Waals surface area contributed by atoms with E-state index in [0.29, 0.717) is 10.8 Å². The van der Waals surface area contributed by atoms with Crippen molar-refractivity contribution in [1.29, 1.82) is 0 Å². The highest BCUT2D eigenvalue weighted by molar-refractivity contribution is 8.00. The van der Waals surface area contributed by atoms with Crippen LogP contribution in [0.25, 0.3) is 5.69 Å². The highest BCUT2D eigenvalue weighted by Crippen LogP contribution is 2.25. The van der Waals surface area contributed by atoms with Crippen LogP contribution in [-0.2, 0) is 4.79 Å². The molecule has 0 spiro atoms. The Bertz CT molecular complexity index is 898. The maximum Gasteiger partial charge on any atom is 0.233 e. The number of hydrogen-bond acceptors (Lipinski definition) is 6. The number of aromatic hydroxyl groups is 1. The van der Waals surface area contributed by atoms with Crippen molar-refractivity contribution in [2.24, 2.45) is 0 Å². The van der Waals surface area contributed by atoms with Gasteiger partial charge in [0.15, 0.2) is 0 Å². The summed E-state index contributed by atoms with van der Waals surface area (Å²) in [6, 6.07) is 16.5. The lowest BCUT2D eigenvalue weighted by atomic mass is 10.0. The van der Waals surface area contributed by atoms with Crippen LogP contribution < -0.4 is 5.32 Å². The number of rotatable bonds is 8. The Morgan fingerprint density at radius 1 is 1.18 bits per heavy atom. The maximum absolute atomic E-state index is 12.8. The predicted molar refractivity (Wildman–Crippen MR) is 108 cm³/mol. The normalized spacial score (nSPS) is 13.1. The molecule has 8 heteroatoms. The van der Waals surface area contributed by atoms with E-state index in [1.165, 1.54) is 11.8 Å². The lowest BCUT2D eigenvalue weighted by Crippen LogP contribution is -2.34. The highest BCUT2D eigenvalue weighted by Gasteiger charge is 2.22. The van der Waals surface area contributed by atoms with E-state index in [4.69, 9.17) is 0 Å². The van der Waals surface area contributed by atoms with Crippen molar-refractivity contribution >= 4 is 17.7 Å². The van der Waals surface area contributed by atoms with Crippen LogP contribution in [0.3, 0.4) is 0 Å². The molecule has 28 heavy (non-hydrogen) atoms. The number of phenols is 1. The van der Waals surface area contributed by atoms with Crippen LogP contribution in [0.4, 0.5) is 0 Å². The van der Waals surface area contributed by atoms with Gasteiger partial charge in [-0.15, -0.1) is 5.10 Å². The Kier molecular flexibility index (Phi) is 6.65. The number of nitrogens with zero attached hydrogens (tertiary/aromatic N) is 4. The van der Waals surface area contributed by atoms with E-state index in [-0.39, 0.29) is 22.9 Å². The second-order valence-corrected chi connectivity index (χ2v) is 7.72. The molecule has 1 amide bonds. The second-order valence-electron chi connectivity index (χ2n) is 6.41. The van der Waals surface area contributed by atoms with Crippen molar-refractivity contribution in [3.05, 3.63) is 60.2 Å². The molecule has 3 aromatic rings. The Morgan fingerprint density at radius 2 is 1.89 bits per heavy atom. The zero-order valence-electron chi connectivity index (χ0n) is 15.8. The van der Waals surface area contributed by atoms with Gasteiger partial charge in [0.2, 0.25) is 11.1 Å². The second kappa shape index (κ2) is 9.36. The summed E-state index contributed by atoms with van der Waals surface area (Å²) in [5.41, 5.74) is 1.81. The van der Waals surface area contributed by atoms with E-state index in [9.17, 15) is 9.90 Å². The third-order valence-corrected chi connectivity index (χ3v) is 5.32. The SMILES string of the molecule is CCC[C@H](NC(=O)[C@H](C)Sc1nnnn1-c1ccc(O)cc1)c1ccccc1. The summed E-state index contributed by atoms with van der Waals surface area (Å²) in [4.78, 5) is 12.8. The number of carbonyl (C=O) groups is 1. The molecule has 2 N–H and O–H groups in total. The summed E-state index contributed by atoms with van der Waals surface area (Å²) in [6.07, 6.45) is 1.85. The number of carbonyl (C=O) groups excluding carboxylic acids is 1. The standard InChI is InChI=1S/C20H23N5O2S/c1-3-7-18(15-8-5-4-6-9-15)21-19(27)14(2)28-20-22-23-24-25(20)16-10-12-17(26)13-11-16/h4-6,8-14,18,26H,3,7H2,1-2H3,(H,21,27)/t14-,18-/m0/s1. The summed E-state index contributed by atoms with van der Waals surface area (Å²) in [5, 5.41) is 24.5. The van der Waals surface area contributed by atoms with Gasteiger partial charge in [0, 0.05) is 0 Å². The first-order valence-corrected chi connectivity index (χ1v) is 10.1. The summed E-state index contributed by atoms with van der Waals surface area (Å²) in [7, 11) is 0. The Balaban J connectivity index is 1.69. The molecule has 0 radical (unpaired) electrons. The van der Waals surface area contributed by atoms with Crippen LogP contribution in [0.15, 0.2) is 59.8 Å². The molecule has 0 bridgehead atoms. The van der Waals surface area contributed by atoms with Gasteiger partial charge in [-0.3, -0.25) is 4.79 Å². The molecule has 3 rings (SSSR count).